The van der Waals surface area contributed by atoms with Crippen LogP contribution in [0, 0.1) is 5.82 Å². The molecule has 6 heteroatoms. The highest BCUT2D eigenvalue weighted by Gasteiger charge is 2.13. The first kappa shape index (κ1) is 13.9. The Bertz CT molecular complexity index is 869. The van der Waals surface area contributed by atoms with Crippen molar-refractivity contribution in [1.82, 2.24) is 4.57 Å². The molecule has 0 unspecified atom stereocenters. The number of aromatic nitrogens is 1. The van der Waals surface area contributed by atoms with Crippen LogP contribution >= 0.6 is 0 Å². The van der Waals surface area contributed by atoms with Gasteiger partial charge in [0.25, 0.3) is 0 Å². The third-order valence-electron chi connectivity index (χ3n) is 3.54. The molecule has 0 bridgehead atoms. The van der Waals surface area contributed by atoms with Crippen LogP contribution in [0.4, 0.5) is 10.1 Å². The van der Waals surface area contributed by atoms with Crippen molar-refractivity contribution in [3.8, 4) is 11.4 Å². The number of primary amides is 1. The summed E-state index contributed by atoms with van der Waals surface area (Å²) in [6.45, 7) is 0. The highest BCUT2D eigenvalue weighted by molar-refractivity contribution is 5.95. The number of nitrogen functional groups attached to an aromatic ring is 1. The van der Waals surface area contributed by atoms with Crippen LogP contribution in [-0.4, -0.2) is 17.6 Å². The maximum absolute atomic E-state index is 14.0. The minimum absolute atomic E-state index is 0.140. The Kier molecular flexibility index (Phi) is 3.21. The standard InChI is InChI=1S/C16H14FN3O2/c1-22-15-6-11-13(18)8-20(14(11)7-12(15)17)10-4-2-9(3-5-10)16(19)21/h2-8H,18H2,1H3,(H2,19,21). The summed E-state index contributed by atoms with van der Waals surface area (Å²) in [5.74, 6) is -0.830. The predicted molar refractivity (Wildman–Crippen MR) is 82.7 cm³/mol. The Morgan fingerprint density at radius 3 is 2.50 bits per heavy atom. The van der Waals surface area contributed by atoms with Crippen LogP contribution in [0.1, 0.15) is 10.4 Å². The maximum atomic E-state index is 14.0. The second-order valence-electron chi connectivity index (χ2n) is 4.87. The van der Waals surface area contributed by atoms with E-state index in [1.165, 1.54) is 13.2 Å². The van der Waals surface area contributed by atoms with Gasteiger partial charge in [0.05, 0.1) is 18.3 Å². The second kappa shape index (κ2) is 5.07. The molecule has 22 heavy (non-hydrogen) atoms. The molecule has 2 aromatic carbocycles. The first-order chi connectivity index (χ1) is 10.5. The van der Waals surface area contributed by atoms with Crippen molar-refractivity contribution in [2.75, 3.05) is 12.8 Å². The van der Waals surface area contributed by atoms with Gasteiger partial charge in [0.1, 0.15) is 0 Å². The number of hydrogen-bond acceptors (Lipinski definition) is 3. The van der Waals surface area contributed by atoms with E-state index in [4.69, 9.17) is 16.2 Å². The molecular formula is C16H14FN3O2. The summed E-state index contributed by atoms with van der Waals surface area (Å²) >= 11 is 0. The number of methoxy groups -OCH3 is 1. The Balaban J connectivity index is 2.18. The van der Waals surface area contributed by atoms with E-state index in [0.29, 0.717) is 22.2 Å². The monoisotopic (exact) mass is 299 g/mol. The molecule has 1 aromatic heterocycles. The van der Waals surface area contributed by atoms with Gasteiger partial charge in [0, 0.05) is 28.9 Å². The van der Waals surface area contributed by atoms with Crippen molar-refractivity contribution >= 4 is 22.5 Å². The molecule has 0 radical (unpaired) electrons. The molecular weight excluding hydrogens is 285 g/mol. The fraction of sp³-hybridized carbons (Fsp3) is 0.0625. The zero-order chi connectivity index (χ0) is 15.9. The first-order valence-corrected chi connectivity index (χ1v) is 6.55. The minimum Gasteiger partial charge on any atom is -0.494 e. The van der Waals surface area contributed by atoms with E-state index in [9.17, 15) is 9.18 Å². The molecule has 0 aliphatic heterocycles. The van der Waals surface area contributed by atoms with E-state index >= 15 is 0 Å². The van der Waals surface area contributed by atoms with Gasteiger partial charge in [0.2, 0.25) is 5.91 Å². The Morgan fingerprint density at radius 1 is 1.23 bits per heavy atom. The quantitative estimate of drug-likeness (QED) is 0.779. The molecule has 5 nitrogen and oxygen atoms in total. The van der Waals surface area contributed by atoms with Gasteiger partial charge in [-0.05, 0) is 30.3 Å². The number of amides is 1. The van der Waals surface area contributed by atoms with Crippen molar-refractivity contribution < 1.29 is 13.9 Å². The Labute approximate surface area is 125 Å². The molecule has 1 heterocycles. The summed E-state index contributed by atoms with van der Waals surface area (Å²) in [5, 5.41) is 0.692. The molecule has 4 N–H and O–H groups in total. The number of carbonyl (C=O) groups is 1. The number of carbonyl (C=O) groups excluding carboxylic acids is 1. The van der Waals surface area contributed by atoms with Crippen LogP contribution in [0.15, 0.2) is 42.6 Å². The van der Waals surface area contributed by atoms with Crippen LogP contribution in [0.25, 0.3) is 16.6 Å². The molecule has 0 saturated carbocycles. The number of hydrogen-bond donors (Lipinski definition) is 2. The first-order valence-electron chi connectivity index (χ1n) is 6.55. The van der Waals surface area contributed by atoms with E-state index in [2.05, 4.69) is 0 Å². The molecule has 0 aliphatic rings. The van der Waals surface area contributed by atoms with Crippen molar-refractivity contribution in [2.24, 2.45) is 5.73 Å². The molecule has 0 saturated heterocycles. The third kappa shape index (κ3) is 2.14. The SMILES string of the molecule is COc1cc2c(N)cn(-c3ccc(C(N)=O)cc3)c2cc1F. The summed E-state index contributed by atoms with van der Waals surface area (Å²) in [4.78, 5) is 11.1. The van der Waals surface area contributed by atoms with Crippen LogP contribution in [-0.2, 0) is 0 Å². The second-order valence-corrected chi connectivity index (χ2v) is 4.87. The predicted octanol–water partition coefficient (Wildman–Crippen LogP) is 2.46. The van der Waals surface area contributed by atoms with Crippen LogP contribution < -0.4 is 16.2 Å². The fourth-order valence-corrected chi connectivity index (χ4v) is 2.41. The van der Waals surface area contributed by atoms with Gasteiger partial charge in [0.15, 0.2) is 11.6 Å². The van der Waals surface area contributed by atoms with Crippen LogP contribution in [0.2, 0.25) is 0 Å². The van der Waals surface area contributed by atoms with Crippen molar-refractivity contribution in [3.05, 3.63) is 54.0 Å². The highest BCUT2D eigenvalue weighted by Crippen LogP contribution is 2.32. The van der Waals surface area contributed by atoms with Gasteiger partial charge >= 0.3 is 0 Å². The zero-order valence-corrected chi connectivity index (χ0v) is 11.8. The number of fused-ring (bicyclic) bond motifs is 1. The zero-order valence-electron chi connectivity index (χ0n) is 11.8. The summed E-state index contributed by atoms with van der Waals surface area (Å²) in [7, 11) is 1.40. The molecule has 0 atom stereocenters. The lowest BCUT2D eigenvalue weighted by Gasteiger charge is -2.07. The normalized spacial score (nSPS) is 10.8. The third-order valence-corrected chi connectivity index (χ3v) is 3.54. The van der Waals surface area contributed by atoms with Crippen molar-refractivity contribution in [3.63, 3.8) is 0 Å². The summed E-state index contributed by atoms with van der Waals surface area (Å²) in [6.07, 6.45) is 1.70. The minimum atomic E-state index is -0.501. The van der Waals surface area contributed by atoms with E-state index in [1.54, 1.807) is 41.1 Å². The summed E-state index contributed by atoms with van der Waals surface area (Å²) in [5.41, 5.74) is 13.5. The van der Waals surface area contributed by atoms with E-state index < -0.39 is 11.7 Å². The molecule has 1 amide bonds. The number of nitrogens with two attached hydrogens (primary N) is 2. The number of nitrogens with zero attached hydrogens (tertiary/aromatic N) is 1. The largest absolute Gasteiger partial charge is 0.494 e. The van der Waals surface area contributed by atoms with Crippen molar-refractivity contribution in [2.45, 2.75) is 0 Å². The molecule has 3 aromatic rings. The molecule has 112 valence electrons. The van der Waals surface area contributed by atoms with E-state index in [1.807, 2.05) is 0 Å². The van der Waals surface area contributed by atoms with Gasteiger partial charge in [-0.15, -0.1) is 0 Å². The average molecular weight is 299 g/mol. The summed E-state index contributed by atoms with van der Waals surface area (Å²) < 4.78 is 20.7. The maximum Gasteiger partial charge on any atom is 0.248 e. The number of anilines is 1. The van der Waals surface area contributed by atoms with Gasteiger partial charge < -0.3 is 20.8 Å². The van der Waals surface area contributed by atoms with Crippen molar-refractivity contribution in [1.29, 1.82) is 0 Å². The van der Waals surface area contributed by atoms with Gasteiger partial charge in [-0.2, -0.15) is 0 Å². The molecule has 3 rings (SSSR count). The van der Waals surface area contributed by atoms with Gasteiger partial charge in [-0.25, -0.2) is 4.39 Å². The van der Waals surface area contributed by atoms with Crippen LogP contribution in [0.3, 0.4) is 0 Å². The van der Waals surface area contributed by atoms with E-state index in [-0.39, 0.29) is 5.75 Å². The lowest BCUT2D eigenvalue weighted by atomic mass is 10.2. The molecule has 0 aliphatic carbocycles. The fourth-order valence-electron chi connectivity index (χ4n) is 2.41. The number of rotatable bonds is 3. The van der Waals surface area contributed by atoms with Gasteiger partial charge in [-0.1, -0.05) is 0 Å². The highest BCUT2D eigenvalue weighted by atomic mass is 19.1. The topological polar surface area (TPSA) is 83.3 Å². The lowest BCUT2D eigenvalue weighted by molar-refractivity contribution is 0.100. The van der Waals surface area contributed by atoms with E-state index in [0.717, 1.165) is 5.69 Å². The molecule has 0 spiro atoms. The molecule has 0 fully saturated rings. The number of benzene rings is 2. The average Bonchev–Trinajstić information content (AvgIpc) is 2.82. The number of halogens is 1. The van der Waals surface area contributed by atoms with Gasteiger partial charge in [-0.3, -0.25) is 4.79 Å². The smallest absolute Gasteiger partial charge is 0.248 e. The van der Waals surface area contributed by atoms with Crippen LogP contribution in [0.5, 0.6) is 5.75 Å². The lowest BCUT2D eigenvalue weighted by Crippen LogP contribution is -2.10. The Hall–Kier alpha value is -3.02. The Morgan fingerprint density at radius 2 is 1.91 bits per heavy atom. The summed E-state index contributed by atoms with van der Waals surface area (Å²) in [6, 6.07) is 9.60. The number of ether oxygens (including phenoxy) is 1.